The summed E-state index contributed by atoms with van der Waals surface area (Å²) in [5.41, 5.74) is 8.27. The van der Waals surface area contributed by atoms with Gasteiger partial charge in [0.2, 0.25) is 0 Å². The number of hydrogen-bond acceptors (Lipinski definition) is 4. The SMILES string of the molecule is COC(=O)C1(N)CCCC1CCSCc1ccccc1C. The fourth-order valence-electron chi connectivity index (χ4n) is 3.14. The van der Waals surface area contributed by atoms with Crippen LogP contribution >= 0.6 is 11.8 Å². The molecule has 1 aromatic rings. The fraction of sp³-hybridized carbons (Fsp3) is 0.588. The van der Waals surface area contributed by atoms with E-state index in [2.05, 4.69) is 31.2 Å². The third-order valence-corrected chi connectivity index (χ3v) is 5.61. The van der Waals surface area contributed by atoms with Crippen molar-refractivity contribution in [2.24, 2.45) is 11.7 Å². The molecule has 1 aromatic carbocycles. The van der Waals surface area contributed by atoms with Crippen molar-refractivity contribution in [1.82, 2.24) is 0 Å². The summed E-state index contributed by atoms with van der Waals surface area (Å²) in [7, 11) is 1.43. The van der Waals surface area contributed by atoms with Crippen LogP contribution in [0.3, 0.4) is 0 Å². The molecule has 116 valence electrons. The lowest BCUT2D eigenvalue weighted by atomic mass is 9.86. The van der Waals surface area contributed by atoms with E-state index in [1.54, 1.807) is 0 Å². The third-order valence-electron chi connectivity index (χ3n) is 4.57. The minimum absolute atomic E-state index is 0.242. The van der Waals surface area contributed by atoms with E-state index in [4.69, 9.17) is 10.5 Å². The summed E-state index contributed by atoms with van der Waals surface area (Å²) in [6.07, 6.45) is 3.81. The van der Waals surface area contributed by atoms with E-state index in [1.807, 2.05) is 11.8 Å². The summed E-state index contributed by atoms with van der Waals surface area (Å²) in [5, 5.41) is 0. The van der Waals surface area contributed by atoms with Gasteiger partial charge in [0.05, 0.1) is 7.11 Å². The van der Waals surface area contributed by atoms with Crippen molar-refractivity contribution >= 4 is 17.7 Å². The van der Waals surface area contributed by atoms with Gasteiger partial charge in [-0.05, 0) is 49.0 Å². The van der Waals surface area contributed by atoms with Crippen LogP contribution in [0.15, 0.2) is 24.3 Å². The highest BCUT2D eigenvalue weighted by molar-refractivity contribution is 7.98. The van der Waals surface area contributed by atoms with Gasteiger partial charge in [0.1, 0.15) is 5.54 Å². The number of thioether (sulfide) groups is 1. The summed E-state index contributed by atoms with van der Waals surface area (Å²) in [4.78, 5) is 11.9. The van der Waals surface area contributed by atoms with Crippen molar-refractivity contribution in [3.05, 3.63) is 35.4 Å². The Balaban J connectivity index is 1.81. The number of aryl methyl sites for hydroxylation is 1. The van der Waals surface area contributed by atoms with E-state index < -0.39 is 5.54 Å². The summed E-state index contributed by atoms with van der Waals surface area (Å²) in [6, 6.07) is 8.48. The van der Waals surface area contributed by atoms with Crippen LogP contribution < -0.4 is 5.73 Å². The van der Waals surface area contributed by atoms with Crippen molar-refractivity contribution in [1.29, 1.82) is 0 Å². The number of rotatable bonds is 6. The molecule has 0 radical (unpaired) electrons. The zero-order valence-electron chi connectivity index (χ0n) is 12.9. The van der Waals surface area contributed by atoms with Crippen molar-refractivity contribution in [2.75, 3.05) is 12.9 Å². The largest absolute Gasteiger partial charge is 0.468 e. The van der Waals surface area contributed by atoms with Gasteiger partial charge in [-0.2, -0.15) is 11.8 Å². The van der Waals surface area contributed by atoms with E-state index in [0.717, 1.165) is 37.2 Å². The van der Waals surface area contributed by atoms with Crippen molar-refractivity contribution < 1.29 is 9.53 Å². The Labute approximate surface area is 131 Å². The fourth-order valence-corrected chi connectivity index (χ4v) is 4.28. The lowest BCUT2D eigenvalue weighted by Gasteiger charge is -2.28. The van der Waals surface area contributed by atoms with Gasteiger partial charge in [-0.25, -0.2) is 0 Å². The summed E-state index contributed by atoms with van der Waals surface area (Å²) in [6.45, 7) is 2.15. The molecule has 1 aliphatic rings. The quantitative estimate of drug-likeness (QED) is 0.647. The molecule has 1 fully saturated rings. The van der Waals surface area contributed by atoms with Crippen LogP contribution in [0.5, 0.6) is 0 Å². The number of carbonyl (C=O) groups is 1. The van der Waals surface area contributed by atoms with Crippen LogP contribution in [0.1, 0.15) is 36.8 Å². The van der Waals surface area contributed by atoms with Crippen LogP contribution in [0.4, 0.5) is 0 Å². The van der Waals surface area contributed by atoms with Gasteiger partial charge in [-0.1, -0.05) is 30.7 Å². The van der Waals surface area contributed by atoms with E-state index in [1.165, 1.54) is 18.2 Å². The molecule has 0 saturated heterocycles. The third kappa shape index (κ3) is 3.80. The number of esters is 1. The highest BCUT2D eigenvalue weighted by Gasteiger charge is 2.46. The van der Waals surface area contributed by atoms with Crippen LogP contribution in [0, 0.1) is 12.8 Å². The molecule has 2 unspecified atom stereocenters. The Kier molecular flexibility index (Phi) is 5.71. The molecule has 1 aliphatic carbocycles. The second-order valence-electron chi connectivity index (χ2n) is 5.89. The number of benzene rings is 1. The van der Waals surface area contributed by atoms with Crippen molar-refractivity contribution in [2.45, 2.75) is 43.9 Å². The molecule has 4 heteroatoms. The maximum Gasteiger partial charge on any atom is 0.326 e. The first-order chi connectivity index (χ1) is 10.1. The van der Waals surface area contributed by atoms with E-state index >= 15 is 0 Å². The molecule has 0 aromatic heterocycles. The number of ether oxygens (including phenoxy) is 1. The zero-order valence-corrected chi connectivity index (χ0v) is 13.7. The van der Waals surface area contributed by atoms with E-state index in [-0.39, 0.29) is 11.9 Å². The first-order valence-electron chi connectivity index (χ1n) is 7.57. The average molecular weight is 307 g/mol. The number of carbonyl (C=O) groups excluding carboxylic acids is 1. The van der Waals surface area contributed by atoms with Crippen LogP contribution in [-0.4, -0.2) is 24.4 Å². The monoisotopic (exact) mass is 307 g/mol. The Bertz CT molecular complexity index is 491. The molecule has 2 atom stereocenters. The minimum Gasteiger partial charge on any atom is -0.468 e. The van der Waals surface area contributed by atoms with Gasteiger partial charge in [0.15, 0.2) is 0 Å². The lowest BCUT2D eigenvalue weighted by molar-refractivity contribution is -0.148. The molecule has 3 nitrogen and oxygen atoms in total. The van der Waals surface area contributed by atoms with Crippen molar-refractivity contribution in [3.63, 3.8) is 0 Å². The van der Waals surface area contributed by atoms with E-state index in [9.17, 15) is 4.79 Å². The van der Waals surface area contributed by atoms with Gasteiger partial charge in [0.25, 0.3) is 0 Å². The molecular formula is C17H25NO2S. The second kappa shape index (κ2) is 7.32. The molecule has 0 spiro atoms. The molecule has 2 rings (SSSR count). The molecule has 1 saturated carbocycles. The minimum atomic E-state index is -0.752. The molecule has 0 aliphatic heterocycles. The Morgan fingerprint density at radius 1 is 1.48 bits per heavy atom. The zero-order chi connectivity index (χ0) is 15.3. The van der Waals surface area contributed by atoms with Gasteiger partial charge in [-0.15, -0.1) is 0 Å². The molecule has 0 heterocycles. The summed E-state index contributed by atoms with van der Waals surface area (Å²) < 4.78 is 4.89. The van der Waals surface area contributed by atoms with Crippen LogP contribution in [0.2, 0.25) is 0 Å². The Hall–Kier alpha value is -1.00. The van der Waals surface area contributed by atoms with Crippen LogP contribution in [0.25, 0.3) is 0 Å². The first-order valence-corrected chi connectivity index (χ1v) is 8.73. The smallest absolute Gasteiger partial charge is 0.326 e. The second-order valence-corrected chi connectivity index (χ2v) is 6.99. The van der Waals surface area contributed by atoms with Gasteiger partial charge < -0.3 is 10.5 Å². The number of methoxy groups -OCH3 is 1. The van der Waals surface area contributed by atoms with E-state index in [0.29, 0.717) is 0 Å². The average Bonchev–Trinajstić information content (AvgIpc) is 2.87. The molecule has 2 N–H and O–H groups in total. The lowest BCUT2D eigenvalue weighted by Crippen LogP contribution is -2.51. The Morgan fingerprint density at radius 3 is 2.95 bits per heavy atom. The molecular weight excluding hydrogens is 282 g/mol. The first kappa shape index (κ1) is 16.4. The summed E-state index contributed by atoms with van der Waals surface area (Å²) in [5.74, 6) is 2.08. The standard InChI is InChI=1S/C17H25NO2S/c1-13-6-3-4-7-14(13)12-21-11-9-15-8-5-10-17(15,18)16(19)20-2/h3-4,6-7,15H,5,8-12,18H2,1-2H3. The summed E-state index contributed by atoms with van der Waals surface area (Å²) >= 11 is 1.92. The van der Waals surface area contributed by atoms with Gasteiger partial charge >= 0.3 is 5.97 Å². The number of nitrogens with two attached hydrogens (primary N) is 1. The van der Waals surface area contributed by atoms with Crippen LogP contribution in [-0.2, 0) is 15.3 Å². The predicted molar refractivity (Wildman–Crippen MR) is 88.2 cm³/mol. The topological polar surface area (TPSA) is 52.3 Å². The molecule has 21 heavy (non-hydrogen) atoms. The maximum atomic E-state index is 11.9. The number of hydrogen-bond donors (Lipinski definition) is 1. The maximum absolute atomic E-state index is 11.9. The highest BCUT2D eigenvalue weighted by atomic mass is 32.2. The predicted octanol–water partition coefficient (Wildman–Crippen LogP) is 3.29. The van der Waals surface area contributed by atoms with Gasteiger partial charge in [-0.3, -0.25) is 4.79 Å². The normalized spacial score (nSPS) is 25.0. The molecule has 0 amide bonds. The highest BCUT2D eigenvalue weighted by Crippen LogP contribution is 2.37. The van der Waals surface area contributed by atoms with Crippen molar-refractivity contribution in [3.8, 4) is 0 Å². The molecule has 0 bridgehead atoms. The van der Waals surface area contributed by atoms with Gasteiger partial charge in [0, 0.05) is 5.75 Å². The Morgan fingerprint density at radius 2 is 2.24 bits per heavy atom.